The molecule has 1 aliphatic heterocycles. The fraction of sp³-hybridized carbons (Fsp3) is 0.296. The summed E-state index contributed by atoms with van der Waals surface area (Å²) in [6.45, 7) is 1.63. The number of hydrogen-bond donors (Lipinski definition) is 0. The molecule has 1 heterocycles. The molecule has 3 aromatic carbocycles. The number of rotatable bonds is 5. The van der Waals surface area contributed by atoms with Crippen LogP contribution in [0.5, 0.6) is 0 Å². The molecule has 0 atom stereocenters. The van der Waals surface area contributed by atoms with E-state index in [2.05, 4.69) is 60.7 Å². The molecule has 0 unspecified atom stereocenters. The van der Waals surface area contributed by atoms with Crippen LogP contribution in [0.15, 0.2) is 84.9 Å². The summed E-state index contributed by atoms with van der Waals surface area (Å²) in [7, 11) is 4.02. The van der Waals surface area contributed by atoms with Gasteiger partial charge in [0.2, 0.25) is 0 Å². The molecule has 0 N–H and O–H groups in total. The predicted octanol–water partition coefficient (Wildman–Crippen LogP) is 5.44. The Kier molecular flexibility index (Phi) is 6.18. The molecule has 0 radical (unpaired) electrons. The Morgan fingerprint density at radius 1 is 0.800 bits per heavy atom. The summed E-state index contributed by atoms with van der Waals surface area (Å²) in [6.07, 6.45) is 2.05. The van der Waals surface area contributed by atoms with Crippen molar-refractivity contribution < 1.29 is 4.79 Å². The van der Waals surface area contributed by atoms with E-state index in [0.717, 1.165) is 37.2 Å². The van der Waals surface area contributed by atoms with Gasteiger partial charge in [-0.15, -0.1) is 0 Å². The van der Waals surface area contributed by atoms with Crippen molar-refractivity contribution in [3.8, 4) is 0 Å². The van der Waals surface area contributed by atoms with Crippen LogP contribution in [0.1, 0.15) is 40.2 Å². The number of carbonyl (C=O) groups is 1. The van der Waals surface area contributed by atoms with Crippen LogP contribution in [-0.2, 0) is 0 Å². The van der Waals surface area contributed by atoms with Gasteiger partial charge >= 0.3 is 0 Å². The van der Waals surface area contributed by atoms with E-state index in [1.54, 1.807) is 0 Å². The molecule has 0 bridgehead atoms. The second-order valence-corrected chi connectivity index (χ2v) is 8.37. The molecule has 30 heavy (non-hydrogen) atoms. The lowest BCUT2D eigenvalue weighted by atomic mass is 9.76. The van der Waals surface area contributed by atoms with Crippen molar-refractivity contribution in [1.29, 1.82) is 0 Å². The summed E-state index contributed by atoms with van der Waals surface area (Å²) >= 11 is 0. The van der Waals surface area contributed by atoms with Crippen LogP contribution in [0.25, 0.3) is 0 Å². The van der Waals surface area contributed by atoms with Crippen LogP contribution < -0.4 is 4.90 Å². The lowest BCUT2D eigenvalue weighted by Gasteiger charge is -2.36. The van der Waals surface area contributed by atoms with Gasteiger partial charge in [-0.1, -0.05) is 60.7 Å². The summed E-state index contributed by atoms with van der Waals surface area (Å²) in [5.74, 6) is 1.06. The van der Waals surface area contributed by atoms with Crippen molar-refractivity contribution in [3.05, 3.63) is 102 Å². The van der Waals surface area contributed by atoms with E-state index >= 15 is 0 Å². The van der Waals surface area contributed by atoms with Crippen molar-refractivity contribution in [2.45, 2.75) is 18.8 Å². The summed E-state index contributed by atoms with van der Waals surface area (Å²) in [5, 5.41) is 0. The Morgan fingerprint density at radius 2 is 1.30 bits per heavy atom. The third kappa shape index (κ3) is 4.40. The standard InChI is InChI=1S/C27H30N2O/c1-28(2)25-15-13-24(14-16-25)27(30)29-19-17-23(18-20-29)26(21-9-5-3-6-10-21)22-11-7-4-8-12-22/h3-16,23,26H,17-20H2,1-2H3. The molecule has 0 aromatic heterocycles. The molecule has 0 saturated carbocycles. The normalized spacial score (nSPS) is 14.7. The van der Waals surface area contributed by atoms with Crippen molar-refractivity contribution in [2.24, 2.45) is 5.92 Å². The Hall–Kier alpha value is -3.07. The topological polar surface area (TPSA) is 23.6 Å². The molecular weight excluding hydrogens is 368 g/mol. The predicted molar refractivity (Wildman–Crippen MR) is 124 cm³/mol. The summed E-state index contributed by atoms with van der Waals surface area (Å²) in [4.78, 5) is 17.1. The minimum Gasteiger partial charge on any atom is -0.378 e. The second kappa shape index (κ2) is 9.17. The van der Waals surface area contributed by atoms with Gasteiger partial charge < -0.3 is 9.80 Å². The van der Waals surface area contributed by atoms with E-state index < -0.39 is 0 Å². The first-order chi connectivity index (χ1) is 14.6. The summed E-state index contributed by atoms with van der Waals surface area (Å²) in [5.41, 5.74) is 4.63. The third-order valence-corrected chi connectivity index (χ3v) is 6.25. The maximum atomic E-state index is 13.0. The van der Waals surface area contributed by atoms with Gasteiger partial charge in [0, 0.05) is 44.4 Å². The van der Waals surface area contributed by atoms with E-state index in [-0.39, 0.29) is 5.91 Å². The Morgan fingerprint density at radius 3 is 1.77 bits per heavy atom. The number of benzene rings is 3. The lowest BCUT2D eigenvalue weighted by molar-refractivity contribution is 0.0683. The van der Waals surface area contributed by atoms with Crippen LogP contribution in [0.2, 0.25) is 0 Å². The van der Waals surface area contributed by atoms with E-state index in [9.17, 15) is 4.79 Å². The van der Waals surface area contributed by atoms with E-state index in [4.69, 9.17) is 0 Å². The number of likely N-dealkylation sites (tertiary alicyclic amines) is 1. The number of hydrogen-bond acceptors (Lipinski definition) is 2. The molecule has 1 amide bonds. The maximum Gasteiger partial charge on any atom is 0.253 e. The second-order valence-electron chi connectivity index (χ2n) is 8.37. The van der Waals surface area contributed by atoms with Crippen molar-refractivity contribution in [1.82, 2.24) is 4.90 Å². The van der Waals surface area contributed by atoms with Crippen LogP contribution in [0.3, 0.4) is 0 Å². The van der Waals surface area contributed by atoms with Crippen LogP contribution in [0, 0.1) is 5.92 Å². The van der Waals surface area contributed by atoms with Gasteiger partial charge in [0.25, 0.3) is 5.91 Å². The highest BCUT2D eigenvalue weighted by Crippen LogP contribution is 2.38. The van der Waals surface area contributed by atoms with Gasteiger partial charge in [-0.2, -0.15) is 0 Å². The van der Waals surface area contributed by atoms with E-state index in [1.165, 1.54) is 11.1 Å². The van der Waals surface area contributed by atoms with Crippen molar-refractivity contribution >= 4 is 11.6 Å². The fourth-order valence-electron chi connectivity index (χ4n) is 4.58. The molecule has 1 fully saturated rings. The zero-order valence-electron chi connectivity index (χ0n) is 17.9. The Bertz CT molecular complexity index is 904. The lowest BCUT2D eigenvalue weighted by Crippen LogP contribution is -2.40. The number of amides is 1. The average molecular weight is 399 g/mol. The summed E-state index contributed by atoms with van der Waals surface area (Å²) in [6, 6.07) is 29.5. The Labute approximate surface area is 180 Å². The number of anilines is 1. The smallest absolute Gasteiger partial charge is 0.253 e. The zero-order chi connectivity index (χ0) is 20.9. The zero-order valence-corrected chi connectivity index (χ0v) is 17.9. The largest absolute Gasteiger partial charge is 0.378 e. The molecule has 3 aromatic rings. The molecule has 154 valence electrons. The van der Waals surface area contributed by atoms with Gasteiger partial charge in [0.05, 0.1) is 0 Å². The van der Waals surface area contributed by atoms with E-state index in [0.29, 0.717) is 11.8 Å². The first-order valence-corrected chi connectivity index (χ1v) is 10.8. The number of nitrogens with zero attached hydrogens (tertiary/aromatic N) is 2. The Balaban J connectivity index is 1.47. The quantitative estimate of drug-likeness (QED) is 0.572. The minimum absolute atomic E-state index is 0.148. The van der Waals surface area contributed by atoms with Gasteiger partial charge in [-0.3, -0.25) is 4.79 Å². The van der Waals surface area contributed by atoms with Crippen molar-refractivity contribution in [2.75, 3.05) is 32.1 Å². The first kappa shape index (κ1) is 20.2. The summed E-state index contributed by atoms with van der Waals surface area (Å²) < 4.78 is 0. The maximum absolute atomic E-state index is 13.0. The van der Waals surface area contributed by atoms with Crippen molar-refractivity contribution in [3.63, 3.8) is 0 Å². The highest BCUT2D eigenvalue weighted by atomic mass is 16.2. The third-order valence-electron chi connectivity index (χ3n) is 6.25. The molecule has 3 heteroatoms. The van der Waals surface area contributed by atoms with Crippen LogP contribution in [0.4, 0.5) is 5.69 Å². The van der Waals surface area contributed by atoms with Crippen LogP contribution in [-0.4, -0.2) is 38.0 Å². The van der Waals surface area contributed by atoms with Gasteiger partial charge in [0.15, 0.2) is 0 Å². The molecule has 0 spiro atoms. The molecule has 4 rings (SSSR count). The highest BCUT2D eigenvalue weighted by molar-refractivity contribution is 5.94. The van der Waals surface area contributed by atoms with Gasteiger partial charge in [-0.25, -0.2) is 0 Å². The SMILES string of the molecule is CN(C)c1ccc(C(=O)N2CCC(C(c3ccccc3)c3ccccc3)CC2)cc1. The molecule has 1 aliphatic rings. The van der Waals surface area contributed by atoms with Gasteiger partial charge in [0.1, 0.15) is 0 Å². The molecule has 0 aliphatic carbocycles. The number of carbonyl (C=O) groups excluding carboxylic acids is 1. The average Bonchev–Trinajstić information content (AvgIpc) is 2.81. The number of piperidine rings is 1. The van der Waals surface area contributed by atoms with Crippen LogP contribution >= 0.6 is 0 Å². The highest BCUT2D eigenvalue weighted by Gasteiger charge is 2.30. The molecule has 3 nitrogen and oxygen atoms in total. The minimum atomic E-state index is 0.148. The molecule has 1 saturated heterocycles. The van der Waals surface area contributed by atoms with Gasteiger partial charge in [-0.05, 0) is 54.2 Å². The fourth-order valence-corrected chi connectivity index (χ4v) is 4.58. The van der Waals surface area contributed by atoms with E-state index in [1.807, 2.05) is 48.2 Å². The molecular formula is C27H30N2O. The first-order valence-electron chi connectivity index (χ1n) is 10.8. The monoisotopic (exact) mass is 398 g/mol.